The highest BCUT2D eigenvalue weighted by atomic mass is 35.5. The van der Waals surface area contributed by atoms with Gasteiger partial charge in [0.2, 0.25) is 0 Å². The second-order valence-corrected chi connectivity index (χ2v) is 5.14. The molecule has 1 heterocycles. The van der Waals surface area contributed by atoms with Crippen LogP contribution in [0.3, 0.4) is 0 Å². The van der Waals surface area contributed by atoms with Crippen molar-refractivity contribution < 1.29 is 13.2 Å². The largest absolute Gasteiger partial charge is 0.416 e. The Morgan fingerprint density at radius 3 is 2.48 bits per heavy atom. The van der Waals surface area contributed by atoms with Crippen molar-refractivity contribution in [1.29, 1.82) is 0 Å². The lowest BCUT2D eigenvalue weighted by Crippen LogP contribution is -2.07. The second kappa shape index (κ2) is 4.70. The fraction of sp³-hybridized carbons (Fsp3) is 0.0667. The number of benzene rings is 2. The zero-order chi connectivity index (χ0) is 15.2. The van der Waals surface area contributed by atoms with Gasteiger partial charge in [-0.25, -0.2) is 0 Å². The SMILES string of the molecule is Nc1cc(-n2ccc3ccc(Cl)cc32)cc(C(F)(F)F)c1. The van der Waals surface area contributed by atoms with E-state index in [1.165, 1.54) is 6.07 Å². The summed E-state index contributed by atoms with van der Waals surface area (Å²) < 4.78 is 40.3. The Bertz CT molecular complexity index is 821. The van der Waals surface area contributed by atoms with Gasteiger partial charge < -0.3 is 10.3 Å². The lowest BCUT2D eigenvalue weighted by molar-refractivity contribution is -0.137. The Kier molecular flexibility index (Phi) is 3.10. The second-order valence-electron chi connectivity index (χ2n) is 4.70. The number of halogens is 4. The highest BCUT2D eigenvalue weighted by molar-refractivity contribution is 6.31. The van der Waals surface area contributed by atoms with Gasteiger partial charge in [0.25, 0.3) is 0 Å². The van der Waals surface area contributed by atoms with Gasteiger partial charge in [0.1, 0.15) is 0 Å². The van der Waals surface area contributed by atoms with Crippen molar-refractivity contribution in [2.75, 3.05) is 5.73 Å². The van der Waals surface area contributed by atoms with E-state index in [4.69, 9.17) is 17.3 Å². The van der Waals surface area contributed by atoms with Crippen LogP contribution in [0.15, 0.2) is 48.7 Å². The van der Waals surface area contributed by atoms with Crippen LogP contribution in [-0.2, 0) is 6.18 Å². The van der Waals surface area contributed by atoms with Crippen molar-refractivity contribution in [2.24, 2.45) is 0 Å². The molecule has 0 saturated carbocycles. The molecule has 0 aliphatic rings. The summed E-state index contributed by atoms with van der Waals surface area (Å²) in [7, 11) is 0. The van der Waals surface area contributed by atoms with Crippen LogP contribution in [-0.4, -0.2) is 4.57 Å². The van der Waals surface area contributed by atoms with Gasteiger partial charge in [-0.15, -0.1) is 0 Å². The molecule has 2 aromatic carbocycles. The fourth-order valence-electron chi connectivity index (χ4n) is 2.26. The van der Waals surface area contributed by atoms with E-state index in [2.05, 4.69) is 0 Å². The van der Waals surface area contributed by atoms with Gasteiger partial charge in [0.05, 0.1) is 11.1 Å². The molecule has 6 heteroatoms. The van der Waals surface area contributed by atoms with E-state index >= 15 is 0 Å². The number of hydrogen-bond acceptors (Lipinski definition) is 1. The quantitative estimate of drug-likeness (QED) is 0.638. The van der Waals surface area contributed by atoms with Crippen molar-refractivity contribution in [2.45, 2.75) is 6.18 Å². The normalized spacial score (nSPS) is 12.0. The van der Waals surface area contributed by atoms with Crippen LogP contribution in [0, 0.1) is 0 Å². The number of nitrogens with zero attached hydrogens (tertiary/aromatic N) is 1. The molecule has 0 saturated heterocycles. The molecule has 0 spiro atoms. The molecule has 0 radical (unpaired) electrons. The lowest BCUT2D eigenvalue weighted by Gasteiger charge is -2.12. The minimum atomic E-state index is -4.44. The molecule has 1 aromatic heterocycles. The van der Waals surface area contributed by atoms with Gasteiger partial charge in [0, 0.05) is 28.0 Å². The molecule has 2 nitrogen and oxygen atoms in total. The summed E-state index contributed by atoms with van der Waals surface area (Å²) in [5.74, 6) is 0. The Hall–Kier alpha value is -2.14. The van der Waals surface area contributed by atoms with Gasteiger partial charge in [-0.2, -0.15) is 13.2 Å². The number of fused-ring (bicyclic) bond motifs is 1. The van der Waals surface area contributed by atoms with E-state index in [-0.39, 0.29) is 5.69 Å². The monoisotopic (exact) mass is 310 g/mol. The maximum absolute atomic E-state index is 12.9. The van der Waals surface area contributed by atoms with Gasteiger partial charge in [-0.1, -0.05) is 17.7 Å². The molecule has 3 aromatic rings. The first-order chi connectivity index (χ1) is 9.84. The number of anilines is 1. The number of nitrogens with two attached hydrogens (primary N) is 1. The highest BCUT2D eigenvalue weighted by Gasteiger charge is 2.31. The Morgan fingerprint density at radius 2 is 1.76 bits per heavy atom. The summed E-state index contributed by atoms with van der Waals surface area (Å²) in [6.45, 7) is 0. The number of rotatable bonds is 1. The van der Waals surface area contributed by atoms with Gasteiger partial charge in [0.15, 0.2) is 0 Å². The Labute approximate surface area is 123 Å². The van der Waals surface area contributed by atoms with E-state index in [0.717, 1.165) is 23.0 Å². The third kappa shape index (κ3) is 2.56. The summed E-state index contributed by atoms with van der Waals surface area (Å²) >= 11 is 5.95. The predicted molar refractivity (Wildman–Crippen MR) is 77.7 cm³/mol. The minimum absolute atomic E-state index is 0.0590. The molecule has 0 aliphatic carbocycles. The molecule has 0 atom stereocenters. The van der Waals surface area contributed by atoms with Crippen molar-refractivity contribution in [1.82, 2.24) is 4.57 Å². The van der Waals surface area contributed by atoms with Gasteiger partial charge in [-0.05, 0) is 36.4 Å². The van der Waals surface area contributed by atoms with E-state index in [9.17, 15) is 13.2 Å². The van der Waals surface area contributed by atoms with Crippen LogP contribution in [0.1, 0.15) is 5.56 Å². The topological polar surface area (TPSA) is 30.9 Å². The summed E-state index contributed by atoms with van der Waals surface area (Å²) in [4.78, 5) is 0. The summed E-state index contributed by atoms with van der Waals surface area (Å²) in [6, 6.07) is 10.5. The first kappa shape index (κ1) is 13.8. The van der Waals surface area contributed by atoms with E-state index < -0.39 is 11.7 Å². The first-order valence-corrected chi connectivity index (χ1v) is 6.47. The number of alkyl halides is 3. The molecule has 0 bridgehead atoms. The van der Waals surface area contributed by atoms with Crippen molar-refractivity contribution >= 4 is 28.2 Å². The number of hydrogen-bond donors (Lipinski definition) is 1. The third-order valence-electron chi connectivity index (χ3n) is 3.20. The number of nitrogen functional groups attached to an aromatic ring is 1. The molecular weight excluding hydrogens is 301 g/mol. The summed E-state index contributed by atoms with van der Waals surface area (Å²) in [5.41, 5.74) is 5.95. The maximum Gasteiger partial charge on any atom is 0.416 e. The number of aromatic nitrogens is 1. The van der Waals surface area contributed by atoms with Crippen LogP contribution >= 0.6 is 11.6 Å². The standard InChI is InChI=1S/C15H10ClF3N2/c16-11-2-1-9-3-4-21(14(9)7-11)13-6-10(15(17,18)19)5-12(20)8-13/h1-8H,20H2. The van der Waals surface area contributed by atoms with Crippen LogP contribution in [0.25, 0.3) is 16.6 Å². The van der Waals surface area contributed by atoms with E-state index in [1.807, 2.05) is 12.1 Å². The first-order valence-electron chi connectivity index (χ1n) is 6.09. The van der Waals surface area contributed by atoms with Crippen LogP contribution in [0.2, 0.25) is 5.02 Å². The predicted octanol–water partition coefficient (Wildman–Crippen LogP) is 4.88. The molecule has 21 heavy (non-hydrogen) atoms. The Balaban J connectivity index is 2.23. The zero-order valence-corrected chi connectivity index (χ0v) is 11.4. The van der Waals surface area contributed by atoms with Crippen LogP contribution < -0.4 is 5.73 Å². The van der Waals surface area contributed by atoms with Gasteiger partial charge in [-0.3, -0.25) is 0 Å². The summed E-state index contributed by atoms with van der Waals surface area (Å²) in [5, 5.41) is 1.40. The van der Waals surface area contributed by atoms with Crippen LogP contribution in [0.4, 0.5) is 18.9 Å². The molecule has 0 amide bonds. The average molecular weight is 311 g/mol. The molecule has 108 valence electrons. The molecule has 0 fully saturated rings. The molecular formula is C15H10ClF3N2. The molecule has 3 rings (SSSR count). The molecule has 2 N–H and O–H groups in total. The van der Waals surface area contributed by atoms with E-state index in [0.29, 0.717) is 10.7 Å². The van der Waals surface area contributed by atoms with Crippen molar-refractivity contribution in [3.8, 4) is 5.69 Å². The van der Waals surface area contributed by atoms with Gasteiger partial charge >= 0.3 is 6.18 Å². The van der Waals surface area contributed by atoms with Crippen molar-refractivity contribution in [3.05, 3.63) is 59.2 Å². The smallest absolute Gasteiger partial charge is 0.399 e. The van der Waals surface area contributed by atoms with Crippen LogP contribution in [0.5, 0.6) is 0 Å². The Morgan fingerprint density at radius 1 is 1.00 bits per heavy atom. The maximum atomic E-state index is 12.9. The lowest BCUT2D eigenvalue weighted by atomic mass is 10.1. The zero-order valence-electron chi connectivity index (χ0n) is 10.7. The molecule has 0 unspecified atom stereocenters. The summed E-state index contributed by atoms with van der Waals surface area (Å²) in [6.07, 6.45) is -2.75. The fourth-order valence-corrected chi connectivity index (χ4v) is 2.43. The third-order valence-corrected chi connectivity index (χ3v) is 3.44. The van der Waals surface area contributed by atoms with E-state index in [1.54, 1.807) is 22.9 Å². The minimum Gasteiger partial charge on any atom is -0.399 e. The average Bonchev–Trinajstić information content (AvgIpc) is 2.79. The highest BCUT2D eigenvalue weighted by Crippen LogP contribution is 2.33. The van der Waals surface area contributed by atoms with Crippen molar-refractivity contribution in [3.63, 3.8) is 0 Å². The molecule has 0 aliphatic heterocycles.